The number of rotatable bonds is 5. The zero-order valence-corrected chi connectivity index (χ0v) is 16.4. The standard InChI is InChI=1S/C22H22N6O2/c29-21(14-19-18-8-4-5-9-20(18)30-26-19)23-16-10-12-17(13-11-16)28-25-22(24-27-28)15-6-2-1-3-7-15/h1-9,16-17H,10-14H2,(H,23,29). The van der Waals surface area contributed by atoms with Crippen LogP contribution in [0, 0.1) is 0 Å². The van der Waals surface area contributed by atoms with Crippen molar-refractivity contribution in [3.8, 4) is 11.4 Å². The van der Waals surface area contributed by atoms with E-state index in [0.29, 0.717) is 17.1 Å². The van der Waals surface area contributed by atoms with E-state index in [4.69, 9.17) is 4.52 Å². The van der Waals surface area contributed by atoms with Crippen molar-refractivity contribution in [3.05, 3.63) is 60.3 Å². The fourth-order valence-corrected chi connectivity index (χ4v) is 4.03. The third kappa shape index (κ3) is 3.80. The summed E-state index contributed by atoms with van der Waals surface area (Å²) in [7, 11) is 0. The van der Waals surface area contributed by atoms with Crippen LogP contribution in [0.2, 0.25) is 0 Å². The highest BCUT2D eigenvalue weighted by Gasteiger charge is 2.26. The second-order valence-corrected chi connectivity index (χ2v) is 7.67. The van der Waals surface area contributed by atoms with Crippen LogP contribution >= 0.6 is 0 Å². The SMILES string of the molecule is O=C(Cc1noc2ccccc12)NC1CCC(n2nnc(-c3ccccc3)n2)CC1. The smallest absolute Gasteiger partial charge is 0.226 e. The first kappa shape index (κ1) is 18.5. The number of tetrazole rings is 1. The Morgan fingerprint density at radius 3 is 2.63 bits per heavy atom. The van der Waals surface area contributed by atoms with Crippen molar-refractivity contribution in [2.75, 3.05) is 0 Å². The van der Waals surface area contributed by atoms with Gasteiger partial charge in [-0.2, -0.15) is 4.80 Å². The van der Waals surface area contributed by atoms with E-state index in [0.717, 1.165) is 36.6 Å². The summed E-state index contributed by atoms with van der Waals surface area (Å²) in [5.74, 6) is 0.619. The number of benzene rings is 2. The molecule has 0 radical (unpaired) electrons. The molecule has 1 fully saturated rings. The molecule has 2 heterocycles. The number of fused-ring (bicyclic) bond motifs is 1. The molecule has 2 aromatic heterocycles. The zero-order chi connectivity index (χ0) is 20.3. The Hall–Kier alpha value is -3.55. The molecule has 30 heavy (non-hydrogen) atoms. The summed E-state index contributed by atoms with van der Waals surface area (Å²) in [6, 6.07) is 17.8. The number of nitrogens with zero attached hydrogens (tertiary/aromatic N) is 5. The summed E-state index contributed by atoms with van der Waals surface area (Å²) in [6.07, 6.45) is 3.81. The van der Waals surface area contributed by atoms with Crippen LogP contribution in [0.15, 0.2) is 59.1 Å². The van der Waals surface area contributed by atoms with Crippen LogP contribution in [0.1, 0.15) is 37.4 Å². The third-order valence-corrected chi connectivity index (χ3v) is 5.63. The first-order chi connectivity index (χ1) is 14.8. The molecular formula is C22H22N6O2. The molecule has 0 unspecified atom stereocenters. The number of hydrogen-bond acceptors (Lipinski definition) is 6. The second-order valence-electron chi connectivity index (χ2n) is 7.67. The van der Waals surface area contributed by atoms with Gasteiger partial charge in [-0.1, -0.05) is 47.6 Å². The molecule has 152 valence electrons. The number of carbonyl (C=O) groups excluding carboxylic acids is 1. The molecule has 4 aromatic rings. The van der Waals surface area contributed by atoms with E-state index in [1.54, 1.807) is 4.80 Å². The Morgan fingerprint density at radius 2 is 1.80 bits per heavy atom. The molecule has 0 saturated heterocycles. The van der Waals surface area contributed by atoms with Crippen molar-refractivity contribution in [1.82, 2.24) is 30.7 Å². The number of nitrogens with one attached hydrogen (secondary N) is 1. The van der Waals surface area contributed by atoms with Gasteiger partial charge in [-0.15, -0.1) is 10.2 Å². The van der Waals surface area contributed by atoms with Crippen LogP contribution in [0.3, 0.4) is 0 Å². The van der Waals surface area contributed by atoms with Gasteiger partial charge < -0.3 is 9.84 Å². The largest absolute Gasteiger partial charge is 0.356 e. The summed E-state index contributed by atoms with van der Waals surface area (Å²) < 4.78 is 5.28. The van der Waals surface area contributed by atoms with E-state index in [2.05, 4.69) is 25.9 Å². The van der Waals surface area contributed by atoms with Crippen LogP contribution in [-0.4, -0.2) is 37.3 Å². The minimum Gasteiger partial charge on any atom is -0.356 e. The maximum Gasteiger partial charge on any atom is 0.226 e. The summed E-state index contributed by atoms with van der Waals surface area (Å²) in [4.78, 5) is 14.2. The predicted molar refractivity (Wildman–Crippen MR) is 110 cm³/mol. The molecule has 8 nitrogen and oxygen atoms in total. The summed E-state index contributed by atoms with van der Waals surface area (Å²) >= 11 is 0. The number of carbonyl (C=O) groups is 1. The Kier molecular flexibility index (Phi) is 4.96. The van der Waals surface area contributed by atoms with Gasteiger partial charge in [0, 0.05) is 17.0 Å². The molecule has 2 aromatic carbocycles. The lowest BCUT2D eigenvalue weighted by atomic mass is 9.91. The van der Waals surface area contributed by atoms with Gasteiger partial charge in [-0.3, -0.25) is 4.79 Å². The molecule has 1 amide bonds. The fraction of sp³-hybridized carbons (Fsp3) is 0.318. The van der Waals surface area contributed by atoms with E-state index in [1.165, 1.54) is 0 Å². The Morgan fingerprint density at radius 1 is 1.03 bits per heavy atom. The average molecular weight is 402 g/mol. The van der Waals surface area contributed by atoms with E-state index in [9.17, 15) is 4.79 Å². The van der Waals surface area contributed by atoms with Crippen LogP contribution in [0.4, 0.5) is 0 Å². The Labute approximate surface area is 173 Å². The third-order valence-electron chi connectivity index (χ3n) is 5.63. The topological polar surface area (TPSA) is 98.7 Å². The van der Waals surface area contributed by atoms with Crippen molar-refractivity contribution < 1.29 is 9.32 Å². The molecule has 0 spiro atoms. The van der Waals surface area contributed by atoms with Gasteiger partial charge in [0.25, 0.3) is 0 Å². The monoisotopic (exact) mass is 402 g/mol. The number of aromatic nitrogens is 5. The van der Waals surface area contributed by atoms with Crippen LogP contribution in [-0.2, 0) is 11.2 Å². The van der Waals surface area contributed by atoms with Gasteiger partial charge in [-0.25, -0.2) is 0 Å². The minimum atomic E-state index is -0.0252. The van der Waals surface area contributed by atoms with Crippen molar-refractivity contribution in [1.29, 1.82) is 0 Å². The van der Waals surface area contributed by atoms with E-state index in [-0.39, 0.29) is 24.4 Å². The lowest BCUT2D eigenvalue weighted by molar-refractivity contribution is -0.121. The Bertz CT molecular complexity index is 1140. The first-order valence-electron chi connectivity index (χ1n) is 10.2. The number of hydrogen-bond donors (Lipinski definition) is 1. The maximum atomic E-state index is 12.5. The molecular weight excluding hydrogens is 380 g/mol. The van der Waals surface area contributed by atoms with Crippen LogP contribution < -0.4 is 5.32 Å². The molecule has 1 aliphatic rings. The number of amides is 1. The van der Waals surface area contributed by atoms with Gasteiger partial charge in [0.15, 0.2) is 5.58 Å². The molecule has 1 aliphatic carbocycles. The quantitative estimate of drug-likeness (QED) is 0.550. The van der Waals surface area contributed by atoms with Crippen LogP contribution in [0.25, 0.3) is 22.4 Å². The van der Waals surface area contributed by atoms with Crippen LogP contribution in [0.5, 0.6) is 0 Å². The molecule has 8 heteroatoms. The fourth-order valence-electron chi connectivity index (χ4n) is 4.03. The highest BCUT2D eigenvalue weighted by atomic mass is 16.5. The van der Waals surface area contributed by atoms with Crippen molar-refractivity contribution in [2.45, 2.75) is 44.2 Å². The molecule has 5 rings (SSSR count). The summed E-state index contributed by atoms with van der Waals surface area (Å²) in [6.45, 7) is 0. The second kappa shape index (κ2) is 8.06. The lowest BCUT2D eigenvalue weighted by Crippen LogP contribution is -2.39. The average Bonchev–Trinajstić information content (AvgIpc) is 3.43. The summed E-state index contributed by atoms with van der Waals surface area (Å²) in [5, 5.41) is 21.1. The highest BCUT2D eigenvalue weighted by Crippen LogP contribution is 2.28. The molecule has 0 aliphatic heterocycles. The predicted octanol–water partition coefficient (Wildman–Crippen LogP) is 3.32. The van der Waals surface area contributed by atoms with Gasteiger partial charge >= 0.3 is 0 Å². The van der Waals surface area contributed by atoms with Crippen molar-refractivity contribution in [2.24, 2.45) is 0 Å². The summed E-state index contributed by atoms with van der Waals surface area (Å²) in [5.41, 5.74) is 2.35. The van der Waals surface area contributed by atoms with Gasteiger partial charge in [-0.05, 0) is 43.0 Å². The van der Waals surface area contributed by atoms with E-state index >= 15 is 0 Å². The highest BCUT2D eigenvalue weighted by molar-refractivity contribution is 5.86. The van der Waals surface area contributed by atoms with Crippen molar-refractivity contribution in [3.63, 3.8) is 0 Å². The molecule has 1 N–H and O–H groups in total. The molecule has 1 saturated carbocycles. The van der Waals surface area contributed by atoms with E-state index < -0.39 is 0 Å². The van der Waals surface area contributed by atoms with Gasteiger partial charge in [0.2, 0.25) is 11.7 Å². The van der Waals surface area contributed by atoms with Crippen molar-refractivity contribution >= 4 is 16.9 Å². The Balaban J connectivity index is 1.15. The van der Waals surface area contributed by atoms with Gasteiger partial charge in [0.05, 0.1) is 12.5 Å². The number of para-hydroxylation sites is 1. The van der Waals surface area contributed by atoms with Gasteiger partial charge in [0.1, 0.15) is 5.69 Å². The minimum absolute atomic E-state index is 0.0252. The lowest BCUT2D eigenvalue weighted by Gasteiger charge is -2.28. The maximum absolute atomic E-state index is 12.5. The first-order valence-corrected chi connectivity index (χ1v) is 10.2. The zero-order valence-electron chi connectivity index (χ0n) is 16.4. The molecule has 0 atom stereocenters. The molecule has 0 bridgehead atoms. The van der Waals surface area contributed by atoms with E-state index in [1.807, 2.05) is 54.6 Å². The normalized spacial score (nSPS) is 19.1.